The van der Waals surface area contributed by atoms with Crippen molar-refractivity contribution < 1.29 is 9.84 Å². The van der Waals surface area contributed by atoms with Crippen LogP contribution in [0.1, 0.15) is 65.5 Å². The third-order valence-electron chi connectivity index (χ3n) is 3.18. The standard InChI is InChI=1S/C17H29NO2/c1-6-7-20-15-9-14(11-18-12-15)16(19)8-13(2)10-17(3,4)5/h9,11-13,16,19H,6-8,10H2,1-5H3. The lowest BCUT2D eigenvalue weighted by Crippen LogP contribution is -2.13. The molecule has 0 aliphatic heterocycles. The summed E-state index contributed by atoms with van der Waals surface area (Å²) in [4.78, 5) is 4.16. The van der Waals surface area contributed by atoms with Crippen LogP contribution in [0.15, 0.2) is 18.5 Å². The molecule has 0 aliphatic carbocycles. The Bertz CT molecular complexity index is 398. The normalized spacial score (nSPS) is 14.9. The van der Waals surface area contributed by atoms with Crippen molar-refractivity contribution in [2.45, 2.75) is 60.0 Å². The predicted molar refractivity (Wildman–Crippen MR) is 82.8 cm³/mol. The highest BCUT2D eigenvalue weighted by atomic mass is 16.5. The van der Waals surface area contributed by atoms with Crippen molar-refractivity contribution in [1.29, 1.82) is 0 Å². The van der Waals surface area contributed by atoms with Crippen LogP contribution in [0.5, 0.6) is 5.75 Å². The van der Waals surface area contributed by atoms with Crippen molar-refractivity contribution in [1.82, 2.24) is 4.98 Å². The van der Waals surface area contributed by atoms with Crippen LogP contribution < -0.4 is 4.74 Å². The fraction of sp³-hybridized carbons (Fsp3) is 0.706. The van der Waals surface area contributed by atoms with Gasteiger partial charge in [0.25, 0.3) is 0 Å². The number of hydrogen-bond acceptors (Lipinski definition) is 3. The summed E-state index contributed by atoms with van der Waals surface area (Å²) < 4.78 is 5.56. The summed E-state index contributed by atoms with van der Waals surface area (Å²) in [5.41, 5.74) is 1.14. The predicted octanol–water partition coefficient (Wildman–Crippen LogP) is 4.37. The Hall–Kier alpha value is -1.09. The summed E-state index contributed by atoms with van der Waals surface area (Å²) >= 11 is 0. The lowest BCUT2D eigenvalue weighted by atomic mass is 9.82. The Kier molecular flexibility index (Phi) is 6.47. The molecule has 0 saturated heterocycles. The fourth-order valence-corrected chi connectivity index (χ4v) is 2.56. The molecule has 2 atom stereocenters. The molecule has 0 spiro atoms. The van der Waals surface area contributed by atoms with Gasteiger partial charge in [0.05, 0.1) is 18.9 Å². The molecular formula is C17H29NO2. The maximum absolute atomic E-state index is 10.3. The molecule has 0 amide bonds. The SMILES string of the molecule is CCCOc1cncc(C(O)CC(C)CC(C)(C)C)c1. The smallest absolute Gasteiger partial charge is 0.137 e. The van der Waals surface area contributed by atoms with Crippen LogP contribution in [0.3, 0.4) is 0 Å². The van der Waals surface area contributed by atoms with E-state index in [2.05, 4.69) is 39.6 Å². The molecule has 0 fully saturated rings. The lowest BCUT2D eigenvalue weighted by Gasteiger charge is -2.25. The number of nitrogens with zero attached hydrogens (tertiary/aromatic N) is 1. The first-order valence-electron chi connectivity index (χ1n) is 7.57. The summed E-state index contributed by atoms with van der Waals surface area (Å²) in [7, 11) is 0. The number of ether oxygens (including phenoxy) is 1. The summed E-state index contributed by atoms with van der Waals surface area (Å²) in [6.07, 6.45) is 5.79. The minimum atomic E-state index is -0.468. The van der Waals surface area contributed by atoms with Gasteiger partial charge in [-0.15, -0.1) is 0 Å². The van der Waals surface area contributed by atoms with Crippen molar-refractivity contribution >= 4 is 0 Å². The van der Waals surface area contributed by atoms with Gasteiger partial charge in [-0.1, -0.05) is 34.6 Å². The summed E-state index contributed by atoms with van der Waals surface area (Å²) in [6.45, 7) is 11.6. The van der Waals surface area contributed by atoms with Gasteiger partial charge in [0.2, 0.25) is 0 Å². The fourth-order valence-electron chi connectivity index (χ4n) is 2.56. The molecule has 20 heavy (non-hydrogen) atoms. The number of aliphatic hydroxyl groups excluding tert-OH is 1. The third-order valence-corrected chi connectivity index (χ3v) is 3.18. The van der Waals surface area contributed by atoms with E-state index in [0.29, 0.717) is 17.9 Å². The van der Waals surface area contributed by atoms with Gasteiger partial charge in [-0.3, -0.25) is 4.98 Å². The topological polar surface area (TPSA) is 42.4 Å². The molecule has 0 radical (unpaired) electrons. The van der Waals surface area contributed by atoms with E-state index in [1.807, 2.05) is 6.07 Å². The maximum Gasteiger partial charge on any atom is 0.137 e. The van der Waals surface area contributed by atoms with E-state index < -0.39 is 6.10 Å². The molecule has 1 N–H and O–H groups in total. The summed E-state index contributed by atoms with van der Waals surface area (Å²) in [5, 5.41) is 10.3. The van der Waals surface area contributed by atoms with E-state index in [1.165, 1.54) is 0 Å². The highest BCUT2D eigenvalue weighted by Gasteiger charge is 2.19. The van der Waals surface area contributed by atoms with Crippen LogP contribution >= 0.6 is 0 Å². The molecule has 1 rings (SSSR count). The lowest BCUT2D eigenvalue weighted by molar-refractivity contribution is 0.133. The largest absolute Gasteiger partial charge is 0.492 e. The Morgan fingerprint density at radius 2 is 2.00 bits per heavy atom. The van der Waals surface area contributed by atoms with Crippen LogP contribution in [-0.2, 0) is 0 Å². The van der Waals surface area contributed by atoms with E-state index in [9.17, 15) is 5.11 Å². The second-order valence-electron chi connectivity index (χ2n) is 6.92. The van der Waals surface area contributed by atoms with Crippen LogP contribution in [0.2, 0.25) is 0 Å². The van der Waals surface area contributed by atoms with E-state index >= 15 is 0 Å². The summed E-state index contributed by atoms with van der Waals surface area (Å²) in [6, 6.07) is 1.90. The van der Waals surface area contributed by atoms with Gasteiger partial charge in [0.1, 0.15) is 5.75 Å². The first-order chi connectivity index (χ1) is 9.31. The van der Waals surface area contributed by atoms with E-state index in [4.69, 9.17) is 4.74 Å². The number of hydrogen-bond donors (Lipinski definition) is 1. The Labute approximate surface area is 123 Å². The number of aromatic nitrogens is 1. The van der Waals surface area contributed by atoms with E-state index in [0.717, 1.165) is 30.6 Å². The molecule has 0 aromatic carbocycles. The maximum atomic E-state index is 10.3. The van der Waals surface area contributed by atoms with Gasteiger partial charge < -0.3 is 9.84 Å². The zero-order valence-electron chi connectivity index (χ0n) is 13.5. The number of rotatable bonds is 7. The van der Waals surface area contributed by atoms with E-state index in [1.54, 1.807) is 12.4 Å². The number of pyridine rings is 1. The molecule has 1 aromatic heterocycles. The van der Waals surface area contributed by atoms with Gasteiger partial charge in [0, 0.05) is 11.8 Å². The monoisotopic (exact) mass is 279 g/mol. The molecule has 2 unspecified atom stereocenters. The zero-order chi connectivity index (χ0) is 15.2. The highest BCUT2D eigenvalue weighted by molar-refractivity contribution is 5.25. The molecule has 0 saturated carbocycles. The molecule has 3 heteroatoms. The number of aliphatic hydroxyl groups is 1. The quantitative estimate of drug-likeness (QED) is 0.806. The first kappa shape index (κ1) is 17.0. The zero-order valence-corrected chi connectivity index (χ0v) is 13.5. The van der Waals surface area contributed by atoms with Crippen LogP contribution in [0.4, 0.5) is 0 Å². The molecule has 1 aromatic rings. The Morgan fingerprint density at radius 3 is 2.60 bits per heavy atom. The third kappa shape index (κ3) is 6.38. The van der Waals surface area contributed by atoms with Gasteiger partial charge >= 0.3 is 0 Å². The van der Waals surface area contributed by atoms with Gasteiger partial charge in [-0.05, 0) is 36.7 Å². The average molecular weight is 279 g/mol. The first-order valence-corrected chi connectivity index (χ1v) is 7.57. The van der Waals surface area contributed by atoms with Crippen molar-refractivity contribution in [3.8, 4) is 5.75 Å². The van der Waals surface area contributed by atoms with E-state index in [-0.39, 0.29) is 0 Å². The second kappa shape index (κ2) is 7.63. The van der Waals surface area contributed by atoms with Crippen LogP contribution in [0.25, 0.3) is 0 Å². The Morgan fingerprint density at radius 1 is 1.30 bits per heavy atom. The van der Waals surface area contributed by atoms with Crippen molar-refractivity contribution in [3.05, 3.63) is 24.0 Å². The highest BCUT2D eigenvalue weighted by Crippen LogP contribution is 2.31. The average Bonchev–Trinajstić information content (AvgIpc) is 2.34. The molecule has 114 valence electrons. The summed E-state index contributed by atoms with van der Waals surface area (Å²) in [5.74, 6) is 1.22. The van der Waals surface area contributed by atoms with Crippen LogP contribution in [-0.4, -0.2) is 16.7 Å². The van der Waals surface area contributed by atoms with Crippen molar-refractivity contribution in [2.24, 2.45) is 11.3 Å². The molecular weight excluding hydrogens is 250 g/mol. The molecule has 3 nitrogen and oxygen atoms in total. The van der Waals surface area contributed by atoms with Crippen molar-refractivity contribution in [3.63, 3.8) is 0 Å². The molecule has 0 bridgehead atoms. The van der Waals surface area contributed by atoms with Gasteiger partial charge in [-0.2, -0.15) is 0 Å². The minimum Gasteiger partial charge on any atom is -0.492 e. The van der Waals surface area contributed by atoms with Gasteiger partial charge in [0.15, 0.2) is 0 Å². The van der Waals surface area contributed by atoms with Gasteiger partial charge in [-0.25, -0.2) is 0 Å². The molecule has 0 aliphatic rings. The minimum absolute atomic E-state index is 0.295. The Balaban J connectivity index is 2.60. The second-order valence-corrected chi connectivity index (χ2v) is 6.92. The van der Waals surface area contributed by atoms with Crippen molar-refractivity contribution in [2.75, 3.05) is 6.61 Å². The molecule has 1 heterocycles. The van der Waals surface area contributed by atoms with Crippen LogP contribution in [0, 0.1) is 11.3 Å².